The molecule has 0 heterocycles. The molecule has 0 spiro atoms. The predicted molar refractivity (Wildman–Crippen MR) is 40.3 cm³/mol. The summed E-state index contributed by atoms with van der Waals surface area (Å²) in [4.78, 5) is 8.56. The summed E-state index contributed by atoms with van der Waals surface area (Å²) in [5, 5.41) is 13.9. The second-order valence-electron chi connectivity index (χ2n) is 2.85. The van der Waals surface area contributed by atoms with E-state index in [4.69, 9.17) is 15.0 Å². The van der Waals surface area contributed by atoms with E-state index in [-0.39, 0.29) is 0 Å². The van der Waals surface area contributed by atoms with Crippen LogP contribution in [0, 0.1) is 5.41 Å². The van der Waals surface area contributed by atoms with Crippen LogP contribution in [-0.2, 0) is 0 Å². The fraction of sp³-hybridized carbons (Fsp3) is 0.571. The zero-order valence-corrected chi connectivity index (χ0v) is 6.59. The van der Waals surface area contributed by atoms with E-state index in [0.29, 0.717) is 5.41 Å². The standard InChI is InChI=1S/C6H12.CH2O3/c1-5-6(2,3)4;2-1(3)4/h5H,1H2,2-4H3;(H2,2,3,4). The maximum absolute atomic E-state index is 8.56. The monoisotopic (exact) mass is 146 g/mol. The lowest BCUT2D eigenvalue weighted by molar-refractivity contribution is 0.137. The Kier molecular flexibility index (Phi) is 5.70. The lowest BCUT2D eigenvalue weighted by Gasteiger charge is -2.08. The Labute approximate surface area is 61.0 Å². The summed E-state index contributed by atoms with van der Waals surface area (Å²) in [6.45, 7) is 10.0. The van der Waals surface area contributed by atoms with Gasteiger partial charge in [0.25, 0.3) is 0 Å². The van der Waals surface area contributed by atoms with Crippen LogP contribution in [-0.4, -0.2) is 16.4 Å². The molecule has 0 amide bonds. The van der Waals surface area contributed by atoms with Gasteiger partial charge in [-0.3, -0.25) is 0 Å². The first-order valence-corrected chi connectivity index (χ1v) is 2.85. The van der Waals surface area contributed by atoms with Crippen LogP contribution >= 0.6 is 0 Å². The van der Waals surface area contributed by atoms with E-state index in [1.807, 2.05) is 6.08 Å². The van der Waals surface area contributed by atoms with Gasteiger partial charge in [-0.2, -0.15) is 0 Å². The quantitative estimate of drug-likeness (QED) is 0.516. The smallest absolute Gasteiger partial charge is 0.450 e. The van der Waals surface area contributed by atoms with Crippen molar-refractivity contribution in [1.29, 1.82) is 0 Å². The van der Waals surface area contributed by atoms with E-state index in [9.17, 15) is 0 Å². The molecule has 2 N–H and O–H groups in total. The molecule has 0 atom stereocenters. The summed E-state index contributed by atoms with van der Waals surface area (Å²) in [5.74, 6) is 0. The number of rotatable bonds is 0. The molecular weight excluding hydrogens is 132 g/mol. The average Bonchev–Trinajstić information content (AvgIpc) is 1.63. The highest BCUT2D eigenvalue weighted by Gasteiger charge is 1.99. The number of carboxylic acid groups (broad SMARTS) is 2. The van der Waals surface area contributed by atoms with Gasteiger partial charge in [-0.05, 0) is 5.41 Å². The highest BCUT2D eigenvalue weighted by Crippen LogP contribution is 2.11. The zero-order valence-electron chi connectivity index (χ0n) is 6.59. The molecule has 60 valence electrons. The number of carbonyl (C=O) groups is 1. The van der Waals surface area contributed by atoms with Crippen LogP contribution in [0.2, 0.25) is 0 Å². The molecule has 3 heteroatoms. The fourth-order valence-electron chi connectivity index (χ4n) is 0. The van der Waals surface area contributed by atoms with Gasteiger partial charge in [0.05, 0.1) is 0 Å². The van der Waals surface area contributed by atoms with Crippen LogP contribution in [0.1, 0.15) is 20.8 Å². The Morgan fingerprint density at radius 3 is 1.50 bits per heavy atom. The van der Waals surface area contributed by atoms with Crippen LogP contribution in [0.15, 0.2) is 12.7 Å². The molecule has 0 fully saturated rings. The molecule has 0 aliphatic rings. The van der Waals surface area contributed by atoms with Crippen molar-refractivity contribution in [3.63, 3.8) is 0 Å². The summed E-state index contributed by atoms with van der Waals surface area (Å²) in [6.07, 6.45) is 0.104. The summed E-state index contributed by atoms with van der Waals surface area (Å²) < 4.78 is 0. The topological polar surface area (TPSA) is 57.5 Å². The summed E-state index contributed by atoms with van der Waals surface area (Å²) in [6, 6.07) is 0. The maximum Gasteiger partial charge on any atom is 0.503 e. The third-order valence-electron chi connectivity index (χ3n) is 0.612. The molecule has 0 rings (SSSR count). The minimum Gasteiger partial charge on any atom is -0.450 e. The molecule has 0 radical (unpaired) electrons. The van der Waals surface area contributed by atoms with Crippen molar-refractivity contribution in [2.24, 2.45) is 5.41 Å². The summed E-state index contributed by atoms with van der Waals surface area (Å²) in [5.41, 5.74) is 0.306. The molecule has 0 aromatic carbocycles. The van der Waals surface area contributed by atoms with Crippen molar-refractivity contribution in [3.8, 4) is 0 Å². The van der Waals surface area contributed by atoms with E-state index < -0.39 is 6.16 Å². The summed E-state index contributed by atoms with van der Waals surface area (Å²) >= 11 is 0. The molecule has 0 aromatic heterocycles. The van der Waals surface area contributed by atoms with Crippen molar-refractivity contribution < 1.29 is 15.0 Å². The summed E-state index contributed by atoms with van der Waals surface area (Å²) in [7, 11) is 0. The Morgan fingerprint density at radius 2 is 1.50 bits per heavy atom. The predicted octanol–water partition coefficient (Wildman–Crippen LogP) is 2.44. The van der Waals surface area contributed by atoms with Gasteiger partial charge < -0.3 is 10.2 Å². The molecule has 0 saturated carbocycles. The molecule has 0 bridgehead atoms. The number of hydrogen-bond donors (Lipinski definition) is 2. The Morgan fingerprint density at radius 1 is 1.40 bits per heavy atom. The van der Waals surface area contributed by atoms with Gasteiger partial charge in [0.15, 0.2) is 0 Å². The Bertz CT molecular complexity index is 107. The zero-order chi connectivity index (χ0) is 8.78. The van der Waals surface area contributed by atoms with E-state index in [1.54, 1.807) is 0 Å². The first-order valence-electron chi connectivity index (χ1n) is 2.85. The van der Waals surface area contributed by atoms with Crippen molar-refractivity contribution >= 4 is 6.16 Å². The van der Waals surface area contributed by atoms with Crippen LogP contribution < -0.4 is 0 Å². The van der Waals surface area contributed by atoms with Gasteiger partial charge in [0.2, 0.25) is 0 Å². The van der Waals surface area contributed by atoms with Gasteiger partial charge in [-0.25, -0.2) is 4.79 Å². The first kappa shape index (κ1) is 11.8. The maximum atomic E-state index is 8.56. The fourth-order valence-corrected chi connectivity index (χ4v) is 0. The van der Waals surface area contributed by atoms with Crippen LogP contribution in [0.4, 0.5) is 4.79 Å². The second kappa shape index (κ2) is 4.85. The van der Waals surface area contributed by atoms with Crippen LogP contribution in [0.5, 0.6) is 0 Å². The SMILES string of the molecule is C=CC(C)(C)C.O=C(O)O. The van der Waals surface area contributed by atoms with Crippen molar-refractivity contribution in [3.05, 3.63) is 12.7 Å². The van der Waals surface area contributed by atoms with Crippen molar-refractivity contribution in [2.75, 3.05) is 0 Å². The minimum atomic E-state index is -1.83. The molecule has 0 saturated heterocycles. The molecule has 0 aliphatic heterocycles. The van der Waals surface area contributed by atoms with E-state index >= 15 is 0 Å². The van der Waals surface area contributed by atoms with Gasteiger partial charge in [-0.1, -0.05) is 26.8 Å². The third-order valence-corrected chi connectivity index (χ3v) is 0.612. The molecule has 3 nitrogen and oxygen atoms in total. The average molecular weight is 146 g/mol. The van der Waals surface area contributed by atoms with Gasteiger partial charge in [0, 0.05) is 0 Å². The molecule has 0 aromatic rings. The highest BCUT2D eigenvalue weighted by atomic mass is 16.6. The van der Waals surface area contributed by atoms with Gasteiger partial charge in [-0.15, -0.1) is 6.58 Å². The van der Waals surface area contributed by atoms with E-state index in [0.717, 1.165) is 0 Å². The second-order valence-corrected chi connectivity index (χ2v) is 2.85. The molecule has 0 aliphatic carbocycles. The Hall–Kier alpha value is -0.990. The van der Waals surface area contributed by atoms with Crippen LogP contribution in [0.25, 0.3) is 0 Å². The molecular formula is C7H14O3. The lowest BCUT2D eigenvalue weighted by atomic mass is 9.98. The molecule has 0 unspecified atom stereocenters. The highest BCUT2D eigenvalue weighted by molar-refractivity contribution is 5.53. The van der Waals surface area contributed by atoms with Gasteiger partial charge in [0.1, 0.15) is 0 Å². The van der Waals surface area contributed by atoms with Crippen molar-refractivity contribution in [1.82, 2.24) is 0 Å². The number of hydrogen-bond acceptors (Lipinski definition) is 1. The molecule has 10 heavy (non-hydrogen) atoms. The van der Waals surface area contributed by atoms with E-state index in [2.05, 4.69) is 27.4 Å². The number of allylic oxidation sites excluding steroid dienone is 1. The van der Waals surface area contributed by atoms with Gasteiger partial charge >= 0.3 is 6.16 Å². The Balaban J connectivity index is 0. The van der Waals surface area contributed by atoms with Crippen LogP contribution in [0.3, 0.4) is 0 Å². The minimum absolute atomic E-state index is 0.306. The first-order chi connectivity index (χ1) is 4.29. The van der Waals surface area contributed by atoms with Crippen molar-refractivity contribution in [2.45, 2.75) is 20.8 Å². The normalized spacial score (nSPS) is 9.10. The third kappa shape index (κ3) is 62.7. The van der Waals surface area contributed by atoms with E-state index in [1.165, 1.54) is 0 Å². The largest absolute Gasteiger partial charge is 0.503 e. The lowest BCUT2D eigenvalue weighted by Crippen LogP contribution is -1.96.